The van der Waals surface area contributed by atoms with Gasteiger partial charge in [0.05, 0.1) is 23.9 Å². The lowest BCUT2D eigenvalue weighted by atomic mass is 9.91. The molecular weight excluding hydrogens is 565 g/mol. The highest BCUT2D eigenvalue weighted by Crippen LogP contribution is 2.35. The van der Waals surface area contributed by atoms with Crippen LogP contribution in [-0.2, 0) is 21.2 Å². The van der Waals surface area contributed by atoms with Crippen LogP contribution < -0.4 is 15.2 Å². The molecule has 0 amide bonds. The number of carboxylic acids is 1. The van der Waals surface area contributed by atoms with Gasteiger partial charge in [-0.2, -0.15) is 4.98 Å². The number of halogens is 3. The van der Waals surface area contributed by atoms with Crippen molar-refractivity contribution < 1.29 is 41.0 Å². The van der Waals surface area contributed by atoms with E-state index >= 15 is 0 Å². The highest BCUT2D eigenvalue weighted by Gasteiger charge is 2.30. The quantitative estimate of drug-likeness (QED) is 0.270. The number of carboxylic acid groups (broad SMARTS) is 1. The number of aryl methyl sites for hydroxylation is 1. The molecule has 1 aromatic heterocycles. The first kappa shape index (κ1) is 31.8. The highest BCUT2D eigenvalue weighted by atomic mass is 32.2. The number of sulfonamides is 1. The van der Waals surface area contributed by atoms with Crippen LogP contribution in [0.2, 0.25) is 0 Å². The molecule has 0 fully saturated rings. The van der Waals surface area contributed by atoms with Crippen molar-refractivity contribution in [1.29, 1.82) is 0 Å². The van der Waals surface area contributed by atoms with E-state index in [9.17, 15) is 31.5 Å². The fourth-order valence-corrected chi connectivity index (χ4v) is 5.24. The summed E-state index contributed by atoms with van der Waals surface area (Å²) in [4.78, 5) is 19.8. The molecule has 222 valence electrons. The number of carbonyl (C=O) groups is 1. The van der Waals surface area contributed by atoms with Crippen molar-refractivity contribution in [2.75, 3.05) is 17.9 Å². The Morgan fingerprint density at radius 1 is 1.07 bits per heavy atom. The van der Waals surface area contributed by atoms with Crippen LogP contribution >= 0.6 is 0 Å². The van der Waals surface area contributed by atoms with E-state index in [1.165, 1.54) is 12.1 Å². The van der Waals surface area contributed by atoms with E-state index < -0.39 is 58.0 Å². The van der Waals surface area contributed by atoms with Gasteiger partial charge in [0.25, 0.3) is 10.0 Å². The average molecular weight is 597 g/mol. The molecule has 0 spiro atoms. The van der Waals surface area contributed by atoms with E-state index in [0.717, 1.165) is 23.3 Å². The summed E-state index contributed by atoms with van der Waals surface area (Å²) in [7, 11) is -4.49. The first-order valence-electron chi connectivity index (χ1n) is 12.5. The summed E-state index contributed by atoms with van der Waals surface area (Å²) in [6.45, 7) is 6.26. The second-order valence-corrected chi connectivity index (χ2v) is 11.4. The van der Waals surface area contributed by atoms with Gasteiger partial charge in [0.1, 0.15) is 11.5 Å². The zero-order valence-electron chi connectivity index (χ0n) is 22.8. The second-order valence-electron chi connectivity index (χ2n) is 9.77. The van der Waals surface area contributed by atoms with Gasteiger partial charge in [-0.1, -0.05) is 44.2 Å². The number of hydrogen-bond acceptors (Lipinski definition) is 8. The number of nitrogens with zero attached hydrogens (tertiary/aromatic N) is 2. The van der Waals surface area contributed by atoms with Crippen LogP contribution in [0.15, 0.2) is 47.4 Å². The Morgan fingerprint density at radius 2 is 1.76 bits per heavy atom. The molecule has 41 heavy (non-hydrogen) atoms. The normalized spacial score (nSPS) is 12.8. The van der Waals surface area contributed by atoms with Crippen molar-refractivity contribution in [3.8, 4) is 17.1 Å². The molecular formula is C27H31F3N4O6S. The fraction of sp³-hybridized carbons (Fsp3) is 0.370. The third-order valence-corrected chi connectivity index (χ3v) is 7.24. The molecule has 3 aromatic rings. The zero-order chi connectivity index (χ0) is 30.5. The monoisotopic (exact) mass is 596 g/mol. The first-order chi connectivity index (χ1) is 19.1. The van der Waals surface area contributed by atoms with Crippen molar-refractivity contribution >= 4 is 21.9 Å². The van der Waals surface area contributed by atoms with Crippen molar-refractivity contribution in [3.05, 3.63) is 64.7 Å². The minimum absolute atomic E-state index is 0.125. The Hall–Kier alpha value is -3.75. The topological polar surface area (TPSA) is 154 Å². The van der Waals surface area contributed by atoms with E-state index in [4.69, 9.17) is 10.5 Å². The Bertz CT molecular complexity index is 1510. The minimum atomic E-state index is -4.87. The number of anilines is 1. The van der Waals surface area contributed by atoms with E-state index in [0.29, 0.717) is 23.2 Å². The van der Waals surface area contributed by atoms with Crippen molar-refractivity contribution in [2.24, 2.45) is 11.7 Å². The number of rotatable bonds is 12. The number of hydrogen-bond donors (Lipinski definition) is 3. The van der Waals surface area contributed by atoms with Crippen LogP contribution in [0.25, 0.3) is 11.3 Å². The van der Waals surface area contributed by atoms with Crippen LogP contribution in [0.3, 0.4) is 0 Å². The smallest absolute Gasteiger partial charge is 0.478 e. The maximum Gasteiger partial charge on any atom is 0.522 e. The summed E-state index contributed by atoms with van der Waals surface area (Å²) in [5.41, 5.74) is 8.45. The highest BCUT2D eigenvalue weighted by molar-refractivity contribution is 7.92. The largest absolute Gasteiger partial charge is 0.522 e. The van der Waals surface area contributed by atoms with E-state index in [1.807, 2.05) is 39.0 Å². The Kier molecular flexibility index (Phi) is 9.94. The van der Waals surface area contributed by atoms with Crippen LogP contribution in [0, 0.1) is 19.8 Å². The SMILES string of the molecule is Cc1cccc(CC(C)C)c1-c1nc(NS(=O)(=O)c2ccccc2C(=O)O)nc(OC[C@H](N)COC(F)(F)F)c1C. The number of ether oxygens (including phenoxy) is 2. The molecule has 0 saturated carbocycles. The maximum atomic E-state index is 13.3. The van der Waals surface area contributed by atoms with Crippen molar-refractivity contribution in [2.45, 2.75) is 51.4 Å². The molecule has 0 aliphatic heterocycles. The summed E-state index contributed by atoms with van der Waals surface area (Å²) in [5, 5.41) is 9.48. The van der Waals surface area contributed by atoms with Gasteiger partial charge < -0.3 is 15.6 Å². The van der Waals surface area contributed by atoms with E-state index in [2.05, 4.69) is 19.4 Å². The van der Waals surface area contributed by atoms with Crippen LogP contribution in [-0.4, -0.2) is 55.1 Å². The molecule has 10 nitrogen and oxygen atoms in total. The Balaban J connectivity index is 2.11. The van der Waals surface area contributed by atoms with Gasteiger partial charge in [0.2, 0.25) is 11.8 Å². The van der Waals surface area contributed by atoms with E-state index in [1.54, 1.807) is 6.92 Å². The minimum Gasteiger partial charge on any atom is -0.478 e. The lowest BCUT2D eigenvalue weighted by Crippen LogP contribution is -2.35. The van der Waals surface area contributed by atoms with Gasteiger partial charge in [-0.15, -0.1) is 13.2 Å². The molecule has 4 N–H and O–H groups in total. The molecule has 0 aliphatic carbocycles. The van der Waals surface area contributed by atoms with Gasteiger partial charge in [0.15, 0.2) is 0 Å². The molecule has 1 atom stereocenters. The second kappa shape index (κ2) is 12.8. The number of alkyl halides is 3. The van der Waals surface area contributed by atoms with Crippen molar-refractivity contribution in [3.63, 3.8) is 0 Å². The predicted octanol–water partition coefficient (Wildman–Crippen LogP) is 4.70. The van der Waals surface area contributed by atoms with Gasteiger partial charge in [0, 0.05) is 11.1 Å². The van der Waals surface area contributed by atoms with Gasteiger partial charge in [-0.05, 0) is 49.4 Å². The summed E-state index contributed by atoms with van der Waals surface area (Å²) in [6, 6.07) is 9.49. The van der Waals surface area contributed by atoms with Gasteiger partial charge in [-0.3, -0.25) is 4.74 Å². The van der Waals surface area contributed by atoms with Crippen LogP contribution in [0.4, 0.5) is 19.1 Å². The molecule has 2 aromatic carbocycles. The third kappa shape index (κ3) is 8.38. The number of nitrogens with one attached hydrogen (secondary N) is 1. The Labute approximate surface area is 235 Å². The number of aromatic nitrogens is 2. The summed E-state index contributed by atoms with van der Waals surface area (Å²) >= 11 is 0. The number of nitrogens with two attached hydrogens (primary N) is 1. The fourth-order valence-electron chi connectivity index (χ4n) is 4.09. The summed E-state index contributed by atoms with van der Waals surface area (Å²) < 4.78 is 75.5. The molecule has 0 saturated heterocycles. The lowest BCUT2D eigenvalue weighted by Gasteiger charge is -2.20. The van der Waals surface area contributed by atoms with Crippen molar-refractivity contribution in [1.82, 2.24) is 9.97 Å². The molecule has 0 radical (unpaired) electrons. The van der Waals surface area contributed by atoms with Crippen LogP contribution in [0.5, 0.6) is 5.88 Å². The Morgan fingerprint density at radius 3 is 2.39 bits per heavy atom. The summed E-state index contributed by atoms with van der Waals surface area (Å²) in [5.74, 6) is -1.74. The first-order valence-corrected chi connectivity index (χ1v) is 14.0. The van der Waals surface area contributed by atoms with Crippen LogP contribution in [0.1, 0.15) is 40.9 Å². The number of aromatic carboxylic acids is 1. The summed E-state index contributed by atoms with van der Waals surface area (Å²) in [6.07, 6.45) is -4.20. The molecule has 3 rings (SSSR count). The third-order valence-electron chi connectivity index (χ3n) is 5.85. The maximum absolute atomic E-state index is 13.3. The lowest BCUT2D eigenvalue weighted by molar-refractivity contribution is -0.326. The number of benzene rings is 2. The van der Waals surface area contributed by atoms with E-state index in [-0.39, 0.29) is 11.8 Å². The molecule has 0 bridgehead atoms. The molecule has 1 heterocycles. The zero-order valence-corrected chi connectivity index (χ0v) is 23.6. The molecule has 0 aliphatic rings. The predicted molar refractivity (Wildman–Crippen MR) is 145 cm³/mol. The molecule has 14 heteroatoms. The van der Waals surface area contributed by atoms with Gasteiger partial charge >= 0.3 is 12.3 Å². The van der Waals surface area contributed by atoms with Gasteiger partial charge in [-0.25, -0.2) is 22.9 Å². The molecule has 0 unspecified atom stereocenters. The average Bonchev–Trinajstić information content (AvgIpc) is 2.87. The standard InChI is InChI=1S/C27H31F3N4O6S/c1-15(2)12-18-9-7-8-16(3)22(18)23-17(4)24(39-13-19(31)14-40-27(28,29)30)33-26(32-23)34-41(37,38)21-11-6-5-10-20(21)25(35)36/h5-11,15,19H,12-14,31H2,1-4H3,(H,35,36)(H,32,33,34)/t19-/m0/s1.